The van der Waals surface area contributed by atoms with Crippen molar-refractivity contribution in [1.82, 2.24) is 14.3 Å². The van der Waals surface area contributed by atoms with Crippen LogP contribution in [0.2, 0.25) is 0 Å². The number of aromatic nitrogens is 2. The summed E-state index contributed by atoms with van der Waals surface area (Å²) in [7, 11) is -3.40. The molecule has 2 aromatic heterocycles. The van der Waals surface area contributed by atoms with Crippen LogP contribution in [0.15, 0.2) is 34.9 Å². The summed E-state index contributed by atoms with van der Waals surface area (Å²) in [5.41, 5.74) is 0. The summed E-state index contributed by atoms with van der Waals surface area (Å²) in [6.45, 7) is 2.72. The van der Waals surface area contributed by atoms with Crippen molar-refractivity contribution in [2.45, 2.75) is 23.7 Å². The van der Waals surface area contributed by atoms with Crippen molar-refractivity contribution in [1.29, 1.82) is 0 Å². The number of rotatable bonds is 4. The van der Waals surface area contributed by atoms with Crippen LogP contribution in [0.1, 0.15) is 11.3 Å². The second-order valence-corrected chi connectivity index (χ2v) is 8.26. The third-order valence-corrected chi connectivity index (χ3v) is 6.59. The van der Waals surface area contributed by atoms with Crippen LogP contribution in [-0.4, -0.2) is 41.9 Å². The zero-order valence-electron chi connectivity index (χ0n) is 11.5. The smallest absolute Gasteiger partial charge is 0.252 e. The molecule has 0 aromatic carbocycles. The second-order valence-electron chi connectivity index (χ2n) is 4.80. The van der Waals surface area contributed by atoms with Gasteiger partial charge in [0.05, 0.1) is 6.54 Å². The first kappa shape index (κ1) is 14.4. The molecule has 0 N–H and O–H groups in total. The molecule has 0 aliphatic carbocycles. The van der Waals surface area contributed by atoms with Gasteiger partial charge in [0.25, 0.3) is 10.0 Å². The molecule has 1 fully saturated rings. The highest BCUT2D eigenvalue weighted by Crippen LogP contribution is 2.27. The van der Waals surface area contributed by atoms with Crippen LogP contribution in [-0.2, 0) is 10.0 Å². The van der Waals surface area contributed by atoms with Crippen LogP contribution in [0.5, 0.6) is 5.88 Å². The van der Waals surface area contributed by atoms with Crippen molar-refractivity contribution in [3.8, 4) is 5.88 Å². The van der Waals surface area contributed by atoms with Gasteiger partial charge in [0, 0.05) is 23.7 Å². The summed E-state index contributed by atoms with van der Waals surface area (Å²) >= 11 is 1.30. The van der Waals surface area contributed by atoms with Gasteiger partial charge in [0.15, 0.2) is 0 Å². The standard InChI is InChI=1S/C13H15N3O3S2/c1-10-2-3-13(20-10)21(17,18)16-7-5-11(8-16)19-12-4-6-14-9-15-12/h2-4,6,9,11H,5,7-8H2,1H3/t11-/m1/s1. The largest absolute Gasteiger partial charge is 0.473 e. The Balaban J connectivity index is 1.69. The van der Waals surface area contributed by atoms with E-state index < -0.39 is 10.0 Å². The first-order valence-electron chi connectivity index (χ1n) is 6.55. The molecule has 0 spiro atoms. The van der Waals surface area contributed by atoms with Crippen LogP contribution in [0, 0.1) is 6.92 Å². The highest BCUT2D eigenvalue weighted by atomic mass is 32.2. The number of thiophene rings is 1. The number of sulfonamides is 1. The number of aryl methyl sites for hydroxylation is 1. The lowest BCUT2D eigenvalue weighted by Gasteiger charge is -2.15. The summed E-state index contributed by atoms with van der Waals surface area (Å²) < 4.78 is 32.6. The Labute approximate surface area is 127 Å². The summed E-state index contributed by atoms with van der Waals surface area (Å²) in [6, 6.07) is 5.15. The molecule has 0 bridgehead atoms. The van der Waals surface area contributed by atoms with E-state index in [-0.39, 0.29) is 6.10 Å². The van der Waals surface area contributed by atoms with Gasteiger partial charge in [-0.1, -0.05) is 0 Å². The first-order valence-corrected chi connectivity index (χ1v) is 8.80. The number of hydrogen-bond donors (Lipinski definition) is 0. The number of ether oxygens (including phenoxy) is 1. The predicted octanol–water partition coefficient (Wildman–Crippen LogP) is 1.69. The number of nitrogens with zero attached hydrogens (tertiary/aromatic N) is 3. The third kappa shape index (κ3) is 3.07. The van der Waals surface area contributed by atoms with Crippen LogP contribution < -0.4 is 4.74 Å². The molecule has 0 radical (unpaired) electrons. The quantitative estimate of drug-likeness (QED) is 0.855. The Kier molecular flexibility index (Phi) is 3.92. The molecule has 2 aromatic rings. The predicted molar refractivity (Wildman–Crippen MR) is 78.9 cm³/mol. The molecule has 0 unspecified atom stereocenters. The number of hydrogen-bond acceptors (Lipinski definition) is 6. The second kappa shape index (κ2) is 5.70. The van der Waals surface area contributed by atoms with Crippen molar-refractivity contribution in [2.75, 3.05) is 13.1 Å². The highest BCUT2D eigenvalue weighted by Gasteiger charge is 2.34. The Hall–Kier alpha value is -1.51. The molecule has 3 rings (SSSR count). The molecule has 1 aliphatic rings. The first-order chi connectivity index (χ1) is 10.1. The zero-order chi connectivity index (χ0) is 14.9. The van der Waals surface area contributed by atoms with Crippen LogP contribution in [0.3, 0.4) is 0 Å². The summed E-state index contributed by atoms with van der Waals surface area (Å²) in [5.74, 6) is 0.473. The van der Waals surface area contributed by atoms with Crippen molar-refractivity contribution in [3.63, 3.8) is 0 Å². The normalized spacial score (nSPS) is 19.8. The van der Waals surface area contributed by atoms with E-state index in [0.29, 0.717) is 29.6 Å². The van der Waals surface area contributed by atoms with Gasteiger partial charge in [-0.05, 0) is 25.5 Å². The van der Waals surface area contributed by atoms with Gasteiger partial charge in [-0.3, -0.25) is 0 Å². The van der Waals surface area contributed by atoms with Crippen LogP contribution >= 0.6 is 11.3 Å². The average Bonchev–Trinajstić information content (AvgIpc) is 3.10. The summed E-state index contributed by atoms with van der Waals surface area (Å²) in [6.07, 6.45) is 3.50. The fourth-order valence-electron chi connectivity index (χ4n) is 2.21. The molecule has 8 heteroatoms. The minimum Gasteiger partial charge on any atom is -0.473 e. The lowest BCUT2D eigenvalue weighted by Crippen LogP contribution is -2.30. The molecule has 3 heterocycles. The van der Waals surface area contributed by atoms with Gasteiger partial charge in [-0.25, -0.2) is 18.4 Å². The van der Waals surface area contributed by atoms with Gasteiger partial charge in [-0.2, -0.15) is 4.31 Å². The molecule has 0 saturated carbocycles. The van der Waals surface area contributed by atoms with E-state index >= 15 is 0 Å². The van der Waals surface area contributed by atoms with E-state index in [1.807, 2.05) is 13.0 Å². The SMILES string of the molecule is Cc1ccc(S(=O)(=O)N2CC[C@@H](Oc3ccncn3)C2)s1. The minimum atomic E-state index is -3.40. The van der Waals surface area contributed by atoms with E-state index in [4.69, 9.17) is 4.74 Å². The average molecular weight is 325 g/mol. The molecule has 1 atom stereocenters. The van der Waals surface area contributed by atoms with Gasteiger partial charge in [0.2, 0.25) is 5.88 Å². The maximum Gasteiger partial charge on any atom is 0.252 e. The van der Waals surface area contributed by atoms with Crippen molar-refractivity contribution >= 4 is 21.4 Å². The topological polar surface area (TPSA) is 72.4 Å². The van der Waals surface area contributed by atoms with E-state index in [1.54, 1.807) is 18.3 Å². The van der Waals surface area contributed by atoms with E-state index in [9.17, 15) is 8.42 Å². The summed E-state index contributed by atoms with van der Waals surface area (Å²) in [5, 5.41) is 0. The van der Waals surface area contributed by atoms with E-state index in [2.05, 4.69) is 9.97 Å². The monoisotopic (exact) mass is 325 g/mol. The Morgan fingerprint density at radius 1 is 1.38 bits per heavy atom. The molecular formula is C13H15N3O3S2. The van der Waals surface area contributed by atoms with Gasteiger partial charge < -0.3 is 4.74 Å². The van der Waals surface area contributed by atoms with Crippen molar-refractivity contribution in [3.05, 3.63) is 35.6 Å². The van der Waals surface area contributed by atoms with E-state index in [0.717, 1.165) is 4.88 Å². The molecule has 6 nitrogen and oxygen atoms in total. The lowest BCUT2D eigenvalue weighted by molar-refractivity contribution is 0.206. The highest BCUT2D eigenvalue weighted by molar-refractivity contribution is 7.91. The summed E-state index contributed by atoms with van der Waals surface area (Å²) in [4.78, 5) is 8.80. The molecular weight excluding hydrogens is 310 g/mol. The molecule has 112 valence electrons. The zero-order valence-corrected chi connectivity index (χ0v) is 13.1. The molecule has 1 saturated heterocycles. The van der Waals surface area contributed by atoms with Crippen LogP contribution in [0.4, 0.5) is 0 Å². The van der Waals surface area contributed by atoms with Gasteiger partial charge in [0.1, 0.15) is 16.6 Å². The maximum absolute atomic E-state index is 12.5. The Morgan fingerprint density at radius 3 is 2.90 bits per heavy atom. The van der Waals surface area contributed by atoms with Gasteiger partial charge in [-0.15, -0.1) is 11.3 Å². The fraction of sp³-hybridized carbons (Fsp3) is 0.385. The van der Waals surface area contributed by atoms with Crippen molar-refractivity contribution in [2.24, 2.45) is 0 Å². The Morgan fingerprint density at radius 2 is 2.24 bits per heavy atom. The minimum absolute atomic E-state index is 0.171. The fourth-order valence-corrected chi connectivity index (χ4v) is 5.13. The maximum atomic E-state index is 12.5. The lowest BCUT2D eigenvalue weighted by atomic mass is 10.3. The van der Waals surface area contributed by atoms with Crippen molar-refractivity contribution < 1.29 is 13.2 Å². The molecule has 0 amide bonds. The van der Waals surface area contributed by atoms with E-state index in [1.165, 1.54) is 22.0 Å². The third-order valence-electron chi connectivity index (χ3n) is 3.26. The van der Waals surface area contributed by atoms with Gasteiger partial charge >= 0.3 is 0 Å². The molecule has 21 heavy (non-hydrogen) atoms. The Bertz CT molecular complexity index is 715. The molecule has 1 aliphatic heterocycles. The van der Waals surface area contributed by atoms with Crippen LogP contribution in [0.25, 0.3) is 0 Å².